The van der Waals surface area contributed by atoms with Crippen LogP contribution in [0, 0.1) is 0 Å². The standard InChI is InChI=1S/C17H22N2O3/c1-11-15(4-3-7-18-11)19-17(20)13-8-12-9-14(21-2)5-6-16(12)22-10-13/h5-6,8-9,11,15,18H,3-4,7,10H2,1-2H3,(H,19,20). The van der Waals surface area contributed by atoms with Gasteiger partial charge in [-0.05, 0) is 50.6 Å². The number of piperidine rings is 1. The van der Waals surface area contributed by atoms with E-state index >= 15 is 0 Å². The van der Waals surface area contributed by atoms with Gasteiger partial charge in [0.25, 0.3) is 5.91 Å². The molecule has 2 N–H and O–H groups in total. The minimum atomic E-state index is -0.0472. The topological polar surface area (TPSA) is 59.6 Å². The summed E-state index contributed by atoms with van der Waals surface area (Å²) in [5.41, 5.74) is 1.53. The molecule has 1 saturated heterocycles. The molecule has 2 unspecified atom stereocenters. The van der Waals surface area contributed by atoms with Gasteiger partial charge in [0.15, 0.2) is 0 Å². The molecule has 0 bridgehead atoms. The molecule has 2 heterocycles. The van der Waals surface area contributed by atoms with E-state index in [9.17, 15) is 4.79 Å². The average molecular weight is 302 g/mol. The molecule has 1 amide bonds. The summed E-state index contributed by atoms with van der Waals surface area (Å²) < 4.78 is 10.9. The SMILES string of the molecule is COc1ccc2c(c1)C=C(C(=O)NC1CCCNC1C)CO2. The summed E-state index contributed by atoms with van der Waals surface area (Å²) in [7, 11) is 1.63. The average Bonchev–Trinajstić information content (AvgIpc) is 2.55. The quantitative estimate of drug-likeness (QED) is 0.893. The van der Waals surface area contributed by atoms with E-state index in [2.05, 4.69) is 17.6 Å². The Bertz CT molecular complexity index is 598. The van der Waals surface area contributed by atoms with Gasteiger partial charge in [0.2, 0.25) is 0 Å². The number of carbonyl (C=O) groups is 1. The number of amides is 1. The molecular formula is C17H22N2O3. The Morgan fingerprint density at radius 2 is 2.32 bits per heavy atom. The summed E-state index contributed by atoms with van der Waals surface area (Å²) in [5.74, 6) is 1.49. The van der Waals surface area contributed by atoms with Crippen molar-refractivity contribution >= 4 is 12.0 Å². The Balaban J connectivity index is 1.73. The van der Waals surface area contributed by atoms with Crippen LogP contribution in [0.25, 0.3) is 6.08 Å². The summed E-state index contributed by atoms with van der Waals surface area (Å²) in [5, 5.41) is 6.51. The molecule has 0 saturated carbocycles. The zero-order valence-corrected chi connectivity index (χ0v) is 13.0. The van der Waals surface area contributed by atoms with Gasteiger partial charge in [-0.25, -0.2) is 0 Å². The zero-order valence-electron chi connectivity index (χ0n) is 13.0. The molecule has 0 aliphatic carbocycles. The van der Waals surface area contributed by atoms with Gasteiger partial charge in [-0.2, -0.15) is 0 Å². The van der Waals surface area contributed by atoms with Crippen molar-refractivity contribution in [2.24, 2.45) is 0 Å². The maximum atomic E-state index is 12.5. The lowest BCUT2D eigenvalue weighted by molar-refractivity contribution is -0.118. The molecule has 3 rings (SSSR count). The molecule has 2 aliphatic rings. The summed E-state index contributed by atoms with van der Waals surface area (Å²) >= 11 is 0. The van der Waals surface area contributed by atoms with Crippen LogP contribution in [-0.4, -0.2) is 38.3 Å². The molecule has 2 aliphatic heterocycles. The van der Waals surface area contributed by atoms with Crippen molar-refractivity contribution in [3.8, 4) is 11.5 Å². The van der Waals surface area contributed by atoms with E-state index in [4.69, 9.17) is 9.47 Å². The minimum absolute atomic E-state index is 0.0472. The van der Waals surface area contributed by atoms with Crippen molar-refractivity contribution in [2.45, 2.75) is 31.8 Å². The van der Waals surface area contributed by atoms with E-state index in [0.717, 1.165) is 36.4 Å². The van der Waals surface area contributed by atoms with Crippen molar-refractivity contribution in [2.75, 3.05) is 20.3 Å². The van der Waals surface area contributed by atoms with Crippen LogP contribution >= 0.6 is 0 Å². The number of methoxy groups -OCH3 is 1. The first kappa shape index (κ1) is 14.9. The maximum Gasteiger partial charge on any atom is 0.250 e. The molecule has 5 heteroatoms. The number of carbonyl (C=O) groups excluding carboxylic acids is 1. The van der Waals surface area contributed by atoms with Crippen LogP contribution in [0.4, 0.5) is 0 Å². The smallest absolute Gasteiger partial charge is 0.250 e. The van der Waals surface area contributed by atoms with E-state index in [0.29, 0.717) is 18.2 Å². The van der Waals surface area contributed by atoms with Crippen LogP contribution in [0.3, 0.4) is 0 Å². The number of fused-ring (bicyclic) bond motifs is 1. The molecule has 0 radical (unpaired) electrons. The Labute approximate surface area is 130 Å². The lowest BCUT2D eigenvalue weighted by atomic mass is 9.99. The molecule has 1 aromatic carbocycles. The number of benzene rings is 1. The van der Waals surface area contributed by atoms with Gasteiger partial charge in [0.1, 0.15) is 18.1 Å². The first-order chi connectivity index (χ1) is 10.7. The van der Waals surface area contributed by atoms with Crippen molar-refractivity contribution in [3.05, 3.63) is 29.3 Å². The molecule has 0 aromatic heterocycles. The van der Waals surface area contributed by atoms with Gasteiger partial charge in [-0.1, -0.05) is 0 Å². The Hall–Kier alpha value is -2.01. The molecule has 5 nitrogen and oxygen atoms in total. The van der Waals surface area contributed by atoms with Gasteiger partial charge < -0.3 is 20.1 Å². The highest BCUT2D eigenvalue weighted by Gasteiger charge is 2.25. The number of nitrogens with one attached hydrogen (secondary N) is 2. The summed E-state index contributed by atoms with van der Waals surface area (Å²) in [6.07, 6.45) is 3.99. The highest BCUT2D eigenvalue weighted by molar-refractivity contribution is 5.99. The highest BCUT2D eigenvalue weighted by Crippen LogP contribution is 2.30. The molecular weight excluding hydrogens is 280 g/mol. The molecule has 2 atom stereocenters. The van der Waals surface area contributed by atoms with Crippen molar-refractivity contribution in [1.82, 2.24) is 10.6 Å². The second-order valence-electron chi connectivity index (χ2n) is 5.83. The fraction of sp³-hybridized carbons (Fsp3) is 0.471. The molecule has 22 heavy (non-hydrogen) atoms. The Morgan fingerprint density at radius 1 is 1.45 bits per heavy atom. The van der Waals surface area contributed by atoms with Crippen LogP contribution in [0.1, 0.15) is 25.3 Å². The molecule has 1 aromatic rings. The third-order valence-corrected chi connectivity index (χ3v) is 4.30. The number of hydrogen-bond acceptors (Lipinski definition) is 4. The number of rotatable bonds is 3. The molecule has 1 fully saturated rings. The first-order valence-corrected chi connectivity index (χ1v) is 7.73. The fourth-order valence-corrected chi connectivity index (χ4v) is 2.92. The van der Waals surface area contributed by atoms with E-state index < -0.39 is 0 Å². The largest absolute Gasteiger partial charge is 0.497 e. The Kier molecular flexibility index (Phi) is 4.34. The third-order valence-electron chi connectivity index (χ3n) is 4.30. The highest BCUT2D eigenvalue weighted by atomic mass is 16.5. The predicted octanol–water partition coefficient (Wildman–Crippen LogP) is 1.73. The fourth-order valence-electron chi connectivity index (χ4n) is 2.92. The number of ether oxygens (including phenoxy) is 2. The van der Waals surface area contributed by atoms with Crippen LogP contribution in [0.2, 0.25) is 0 Å². The summed E-state index contributed by atoms with van der Waals surface area (Å²) in [6, 6.07) is 6.08. The van der Waals surface area contributed by atoms with Gasteiger partial charge >= 0.3 is 0 Å². The molecule has 0 spiro atoms. The van der Waals surface area contributed by atoms with Crippen LogP contribution in [0.5, 0.6) is 11.5 Å². The normalized spacial score (nSPS) is 23.8. The van der Waals surface area contributed by atoms with Crippen molar-refractivity contribution in [1.29, 1.82) is 0 Å². The van der Waals surface area contributed by atoms with Crippen LogP contribution in [0.15, 0.2) is 23.8 Å². The zero-order chi connectivity index (χ0) is 15.5. The van der Waals surface area contributed by atoms with E-state index in [-0.39, 0.29) is 11.9 Å². The Morgan fingerprint density at radius 3 is 3.09 bits per heavy atom. The second kappa shape index (κ2) is 6.40. The summed E-state index contributed by atoms with van der Waals surface area (Å²) in [6.45, 7) is 3.43. The minimum Gasteiger partial charge on any atom is -0.497 e. The third kappa shape index (κ3) is 3.09. The second-order valence-corrected chi connectivity index (χ2v) is 5.83. The van der Waals surface area contributed by atoms with E-state index in [1.165, 1.54) is 0 Å². The lowest BCUT2D eigenvalue weighted by Crippen LogP contribution is -2.52. The van der Waals surface area contributed by atoms with Crippen LogP contribution < -0.4 is 20.1 Å². The van der Waals surface area contributed by atoms with Gasteiger partial charge in [-0.15, -0.1) is 0 Å². The predicted molar refractivity (Wildman–Crippen MR) is 85.1 cm³/mol. The van der Waals surface area contributed by atoms with E-state index in [1.807, 2.05) is 24.3 Å². The van der Waals surface area contributed by atoms with E-state index in [1.54, 1.807) is 7.11 Å². The summed E-state index contributed by atoms with van der Waals surface area (Å²) in [4.78, 5) is 12.5. The van der Waals surface area contributed by atoms with Gasteiger partial charge in [0.05, 0.1) is 12.7 Å². The van der Waals surface area contributed by atoms with Gasteiger partial charge in [-0.3, -0.25) is 4.79 Å². The van der Waals surface area contributed by atoms with Gasteiger partial charge in [0, 0.05) is 17.6 Å². The first-order valence-electron chi connectivity index (χ1n) is 7.73. The van der Waals surface area contributed by atoms with Crippen LogP contribution in [-0.2, 0) is 4.79 Å². The lowest BCUT2D eigenvalue weighted by Gasteiger charge is -2.31. The molecule has 118 valence electrons. The van der Waals surface area contributed by atoms with Crippen molar-refractivity contribution in [3.63, 3.8) is 0 Å². The van der Waals surface area contributed by atoms with Crippen molar-refractivity contribution < 1.29 is 14.3 Å². The monoisotopic (exact) mass is 302 g/mol. The maximum absolute atomic E-state index is 12.5. The number of hydrogen-bond donors (Lipinski definition) is 2.